The van der Waals surface area contributed by atoms with Crippen molar-refractivity contribution < 1.29 is 4.74 Å². The molecule has 0 amide bonds. The van der Waals surface area contributed by atoms with Crippen molar-refractivity contribution in [2.45, 2.75) is 6.61 Å². The van der Waals surface area contributed by atoms with Crippen molar-refractivity contribution in [2.75, 3.05) is 0 Å². The molecule has 3 aromatic carbocycles. The highest BCUT2D eigenvalue weighted by Gasteiger charge is 2.05. The summed E-state index contributed by atoms with van der Waals surface area (Å²) >= 11 is 2.19. The lowest BCUT2D eigenvalue weighted by molar-refractivity contribution is 0.305. The first-order valence-electron chi connectivity index (χ1n) is 6.57. The van der Waals surface area contributed by atoms with Gasteiger partial charge in [-0.1, -0.05) is 42.5 Å². The van der Waals surface area contributed by atoms with Crippen LogP contribution in [0, 0.1) is 14.9 Å². The Hall–Kier alpha value is -2.06. The molecule has 0 radical (unpaired) electrons. The van der Waals surface area contributed by atoms with Gasteiger partial charge in [0.15, 0.2) is 0 Å². The topological polar surface area (TPSA) is 33.0 Å². The first-order chi connectivity index (χ1) is 10.3. The maximum atomic E-state index is 8.89. The van der Waals surface area contributed by atoms with E-state index in [2.05, 4.69) is 52.9 Å². The normalized spacial score (nSPS) is 10.3. The molecule has 3 heteroatoms. The van der Waals surface area contributed by atoms with Gasteiger partial charge < -0.3 is 4.74 Å². The third-order valence-corrected chi connectivity index (χ3v) is 4.17. The molecule has 3 rings (SSSR count). The molecule has 0 fully saturated rings. The van der Waals surface area contributed by atoms with Crippen LogP contribution in [-0.4, -0.2) is 0 Å². The van der Waals surface area contributed by atoms with Crippen LogP contribution in [0.15, 0.2) is 60.7 Å². The summed E-state index contributed by atoms with van der Waals surface area (Å²) in [6.07, 6.45) is 0. The first kappa shape index (κ1) is 13.9. The molecule has 21 heavy (non-hydrogen) atoms. The second-order valence-electron chi connectivity index (χ2n) is 4.68. The molecule has 0 saturated carbocycles. The van der Waals surface area contributed by atoms with E-state index in [1.165, 1.54) is 10.8 Å². The summed E-state index contributed by atoms with van der Waals surface area (Å²) in [5.41, 5.74) is 1.81. The highest BCUT2D eigenvalue weighted by molar-refractivity contribution is 14.1. The molecule has 0 aliphatic rings. The van der Waals surface area contributed by atoms with Crippen molar-refractivity contribution in [3.05, 3.63) is 75.4 Å². The van der Waals surface area contributed by atoms with Gasteiger partial charge in [0, 0.05) is 0 Å². The van der Waals surface area contributed by atoms with Crippen LogP contribution in [-0.2, 0) is 6.61 Å². The van der Waals surface area contributed by atoms with Gasteiger partial charge in [0.25, 0.3) is 0 Å². The Kier molecular flexibility index (Phi) is 4.07. The van der Waals surface area contributed by atoms with E-state index < -0.39 is 0 Å². The minimum absolute atomic E-state index is 0.517. The lowest BCUT2D eigenvalue weighted by atomic mass is 10.1. The number of nitrogens with zero attached hydrogens (tertiary/aromatic N) is 1. The standard InChI is InChI=1S/C18H12INO/c19-17-10-13(11-20)8-9-18(17)21-12-15-6-3-5-14-4-1-2-7-16(14)15/h1-10H,12H2. The molecule has 0 aliphatic carbocycles. The summed E-state index contributed by atoms with van der Waals surface area (Å²) in [6, 6.07) is 22.1. The van der Waals surface area contributed by atoms with Crippen LogP contribution >= 0.6 is 22.6 Å². The molecular formula is C18H12INO. The minimum Gasteiger partial charge on any atom is -0.488 e. The summed E-state index contributed by atoms with van der Waals surface area (Å²) in [4.78, 5) is 0. The van der Waals surface area contributed by atoms with Crippen LogP contribution < -0.4 is 4.74 Å². The summed E-state index contributed by atoms with van der Waals surface area (Å²) in [5.74, 6) is 0.808. The molecule has 0 saturated heterocycles. The third-order valence-electron chi connectivity index (χ3n) is 3.32. The number of hydrogen-bond donors (Lipinski definition) is 0. The molecule has 0 spiro atoms. The summed E-state index contributed by atoms with van der Waals surface area (Å²) in [7, 11) is 0. The SMILES string of the molecule is N#Cc1ccc(OCc2cccc3ccccc23)c(I)c1. The zero-order valence-corrected chi connectivity index (χ0v) is 13.4. The van der Waals surface area contributed by atoms with Crippen LogP contribution in [0.5, 0.6) is 5.75 Å². The summed E-state index contributed by atoms with van der Waals surface area (Å²) in [6.45, 7) is 0.517. The Morgan fingerprint density at radius 3 is 2.62 bits per heavy atom. The number of nitriles is 1. The van der Waals surface area contributed by atoms with Gasteiger partial charge in [0.05, 0.1) is 15.2 Å². The zero-order valence-electron chi connectivity index (χ0n) is 11.2. The largest absolute Gasteiger partial charge is 0.488 e. The second kappa shape index (κ2) is 6.15. The quantitative estimate of drug-likeness (QED) is 0.602. The van der Waals surface area contributed by atoms with E-state index in [-0.39, 0.29) is 0 Å². The van der Waals surface area contributed by atoms with Crippen molar-refractivity contribution in [3.8, 4) is 11.8 Å². The minimum atomic E-state index is 0.517. The van der Waals surface area contributed by atoms with Crippen LogP contribution in [0.4, 0.5) is 0 Å². The van der Waals surface area contributed by atoms with E-state index in [4.69, 9.17) is 10.00 Å². The maximum Gasteiger partial charge on any atom is 0.133 e. The van der Waals surface area contributed by atoms with Crippen molar-refractivity contribution in [1.82, 2.24) is 0 Å². The van der Waals surface area contributed by atoms with E-state index in [0.717, 1.165) is 14.9 Å². The average Bonchev–Trinajstić information content (AvgIpc) is 2.53. The van der Waals surface area contributed by atoms with Crippen LogP contribution in [0.25, 0.3) is 10.8 Å². The highest BCUT2D eigenvalue weighted by atomic mass is 127. The Bertz CT molecular complexity index is 831. The van der Waals surface area contributed by atoms with Crippen LogP contribution in [0.3, 0.4) is 0 Å². The monoisotopic (exact) mass is 385 g/mol. The average molecular weight is 385 g/mol. The highest BCUT2D eigenvalue weighted by Crippen LogP contribution is 2.25. The van der Waals surface area contributed by atoms with Gasteiger partial charge in [0.1, 0.15) is 12.4 Å². The van der Waals surface area contributed by atoms with E-state index >= 15 is 0 Å². The number of halogens is 1. The van der Waals surface area contributed by atoms with Crippen molar-refractivity contribution in [2.24, 2.45) is 0 Å². The Morgan fingerprint density at radius 2 is 1.81 bits per heavy atom. The Morgan fingerprint density at radius 1 is 1.00 bits per heavy atom. The fraction of sp³-hybridized carbons (Fsp3) is 0.0556. The summed E-state index contributed by atoms with van der Waals surface area (Å²) in [5, 5.41) is 11.3. The predicted molar refractivity (Wildman–Crippen MR) is 92.2 cm³/mol. The molecule has 0 N–H and O–H groups in total. The number of rotatable bonds is 3. The van der Waals surface area contributed by atoms with Gasteiger partial charge in [0.2, 0.25) is 0 Å². The smallest absolute Gasteiger partial charge is 0.133 e. The number of benzene rings is 3. The van der Waals surface area contributed by atoms with Crippen molar-refractivity contribution in [1.29, 1.82) is 5.26 Å². The molecule has 0 aliphatic heterocycles. The Balaban J connectivity index is 1.86. The van der Waals surface area contributed by atoms with Gasteiger partial charge in [-0.15, -0.1) is 0 Å². The molecule has 3 aromatic rings. The van der Waals surface area contributed by atoms with Gasteiger partial charge in [-0.2, -0.15) is 5.26 Å². The first-order valence-corrected chi connectivity index (χ1v) is 7.65. The van der Waals surface area contributed by atoms with Gasteiger partial charge in [-0.3, -0.25) is 0 Å². The molecule has 0 unspecified atom stereocenters. The maximum absolute atomic E-state index is 8.89. The van der Waals surface area contributed by atoms with Gasteiger partial charge in [-0.05, 0) is 57.1 Å². The molecule has 0 heterocycles. The third kappa shape index (κ3) is 3.01. The fourth-order valence-corrected chi connectivity index (χ4v) is 2.93. The molecule has 0 bridgehead atoms. The van der Waals surface area contributed by atoms with Gasteiger partial charge in [-0.25, -0.2) is 0 Å². The van der Waals surface area contributed by atoms with Gasteiger partial charge >= 0.3 is 0 Å². The molecule has 102 valence electrons. The van der Waals surface area contributed by atoms with E-state index in [1.54, 1.807) is 6.07 Å². The molecule has 0 aromatic heterocycles. The second-order valence-corrected chi connectivity index (χ2v) is 5.85. The van der Waals surface area contributed by atoms with Crippen LogP contribution in [0.2, 0.25) is 0 Å². The van der Waals surface area contributed by atoms with Crippen molar-refractivity contribution >= 4 is 33.4 Å². The zero-order chi connectivity index (χ0) is 14.7. The summed E-state index contributed by atoms with van der Waals surface area (Å²) < 4.78 is 6.86. The number of ether oxygens (including phenoxy) is 1. The molecule has 0 atom stereocenters. The van der Waals surface area contributed by atoms with E-state index in [0.29, 0.717) is 12.2 Å². The van der Waals surface area contributed by atoms with Crippen molar-refractivity contribution in [3.63, 3.8) is 0 Å². The van der Waals surface area contributed by atoms with Crippen LogP contribution in [0.1, 0.15) is 11.1 Å². The Labute approximate surface area is 137 Å². The lowest BCUT2D eigenvalue weighted by Crippen LogP contribution is -1.98. The number of hydrogen-bond acceptors (Lipinski definition) is 2. The molecule has 2 nitrogen and oxygen atoms in total. The van der Waals surface area contributed by atoms with E-state index in [9.17, 15) is 0 Å². The lowest BCUT2D eigenvalue weighted by Gasteiger charge is -2.10. The molecular weight excluding hydrogens is 373 g/mol. The number of fused-ring (bicyclic) bond motifs is 1. The fourth-order valence-electron chi connectivity index (χ4n) is 2.26. The van der Waals surface area contributed by atoms with E-state index in [1.807, 2.05) is 30.3 Å². The predicted octanol–water partition coefficient (Wildman–Crippen LogP) is 4.90.